The van der Waals surface area contributed by atoms with Gasteiger partial charge in [-0.15, -0.1) is 0 Å². The Morgan fingerprint density at radius 2 is 2.05 bits per heavy atom. The van der Waals surface area contributed by atoms with Gasteiger partial charge in [0.2, 0.25) is 0 Å². The lowest BCUT2D eigenvalue weighted by Crippen LogP contribution is -2.63. The zero-order chi connectivity index (χ0) is 14.8. The first-order valence-electron chi connectivity index (χ1n) is 6.14. The molecule has 0 aliphatic heterocycles. The van der Waals surface area contributed by atoms with Gasteiger partial charge < -0.3 is 25.6 Å². The monoisotopic (exact) mass is 274 g/mol. The van der Waals surface area contributed by atoms with Crippen LogP contribution in [0.25, 0.3) is 0 Å². The Kier molecular flexibility index (Phi) is 4.42. The first kappa shape index (κ1) is 15.7. The molecule has 0 heterocycles. The van der Waals surface area contributed by atoms with Gasteiger partial charge in [0.15, 0.2) is 5.60 Å². The summed E-state index contributed by atoms with van der Waals surface area (Å²) in [5.74, 6) is -1.38. The van der Waals surface area contributed by atoms with Crippen LogP contribution >= 0.6 is 0 Å². The van der Waals surface area contributed by atoms with E-state index in [9.17, 15) is 14.7 Å². The van der Waals surface area contributed by atoms with Gasteiger partial charge in [0.05, 0.1) is 12.6 Å². The van der Waals surface area contributed by atoms with E-state index in [0.717, 1.165) is 6.92 Å². The quantitative estimate of drug-likeness (QED) is 0.561. The van der Waals surface area contributed by atoms with Crippen molar-refractivity contribution in [2.24, 2.45) is 5.41 Å². The van der Waals surface area contributed by atoms with E-state index in [1.54, 1.807) is 7.11 Å². The highest BCUT2D eigenvalue weighted by Crippen LogP contribution is 2.42. The largest absolute Gasteiger partial charge is 0.479 e. The molecule has 1 aliphatic carbocycles. The zero-order valence-electron chi connectivity index (χ0n) is 11.7. The van der Waals surface area contributed by atoms with Gasteiger partial charge in [-0.05, 0) is 13.3 Å². The van der Waals surface area contributed by atoms with Gasteiger partial charge in [-0.3, -0.25) is 0 Å². The second kappa shape index (κ2) is 5.34. The highest BCUT2D eigenvalue weighted by Gasteiger charge is 2.49. The van der Waals surface area contributed by atoms with Gasteiger partial charge in [-0.25, -0.2) is 9.59 Å². The standard InChI is InChI=1S/C12H22N2O5/c1-11(2)7(5-8(11)19-4)14-10(17)13-6-12(3,18)9(15)16/h7-8,18H,5-6H2,1-4H3,(H,15,16)(H2,13,14,17). The molecule has 0 aromatic heterocycles. The van der Waals surface area contributed by atoms with Crippen molar-refractivity contribution in [3.63, 3.8) is 0 Å². The molecule has 3 atom stereocenters. The van der Waals surface area contributed by atoms with Crippen molar-refractivity contribution in [1.29, 1.82) is 0 Å². The molecule has 0 bridgehead atoms. The summed E-state index contributed by atoms with van der Waals surface area (Å²) < 4.78 is 5.27. The number of hydrogen-bond donors (Lipinski definition) is 4. The topological polar surface area (TPSA) is 108 Å². The van der Waals surface area contributed by atoms with E-state index in [1.807, 2.05) is 13.8 Å². The molecule has 4 N–H and O–H groups in total. The van der Waals surface area contributed by atoms with E-state index in [1.165, 1.54) is 0 Å². The van der Waals surface area contributed by atoms with Gasteiger partial charge in [0, 0.05) is 18.6 Å². The lowest BCUT2D eigenvalue weighted by Gasteiger charge is -2.51. The summed E-state index contributed by atoms with van der Waals surface area (Å²) in [6.45, 7) is 4.75. The molecule has 19 heavy (non-hydrogen) atoms. The third-order valence-electron chi connectivity index (χ3n) is 3.82. The van der Waals surface area contributed by atoms with Crippen LogP contribution in [0.1, 0.15) is 27.2 Å². The number of carboxylic acid groups (broad SMARTS) is 1. The number of ether oxygens (including phenoxy) is 1. The van der Waals surface area contributed by atoms with Crippen molar-refractivity contribution in [1.82, 2.24) is 10.6 Å². The van der Waals surface area contributed by atoms with Crippen LogP contribution in [0.2, 0.25) is 0 Å². The molecule has 0 spiro atoms. The number of hydrogen-bond acceptors (Lipinski definition) is 4. The maximum absolute atomic E-state index is 11.6. The number of aliphatic carboxylic acids is 1. The van der Waals surface area contributed by atoms with E-state index in [0.29, 0.717) is 6.42 Å². The molecule has 0 aromatic rings. The summed E-state index contributed by atoms with van der Waals surface area (Å²) in [6.07, 6.45) is 0.812. The molecule has 1 aliphatic rings. The highest BCUT2D eigenvalue weighted by atomic mass is 16.5. The van der Waals surface area contributed by atoms with E-state index in [2.05, 4.69) is 10.6 Å². The van der Waals surface area contributed by atoms with Gasteiger partial charge in [-0.1, -0.05) is 13.8 Å². The molecular weight excluding hydrogens is 252 g/mol. The van der Waals surface area contributed by atoms with Crippen molar-refractivity contribution in [2.45, 2.75) is 44.9 Å². The number of carbonyl (C=O) groups is 2. The zero-order valence-corrected chi connectivity index (χ0v) is 11.7. The molecule has 0 aromatic carbocycles. The molecule has 1 rings (SSSR count). The van der Waals surface area contributed by atoms with Crippen molar-refractivity contribution < 1.29 is 24.5 Å². The smallest absolute Gasteiger partial charge is 0.337 e. The van der Waals surface area contributed by atoms with Gasteiger partial charge in [0.1, 0.15) is 0 Å². The number of carbonyl (C=O) groups excluding carboxylic acids is 1. The Labute approximate surface area is 112 Å². The number of rotatable bonds is 5. The van der Waals surface area contributed by atoms with E-state index in [-0.39, 0.29) is 24.1 Å². The normalized spacial score (nSPS) is 27.8. The van der Waals surface area contributed by atoms with Crippen LogP contribution in [0.5, 0.6) is 0 Å². The fourth-order valence-corrected chi connectivity index (χ4v) is 2.07. The van der Waals surface area contributed by atoms with Crippen LogP contribution in [-0.2, 0) is 9.53 Å². The highest BCUT2D eigenvalue weighted by molar-refractivity contribution is 5.79. The van der Waals surface area contributed by atoms with E-state index in [4.69, 9.17) is 9.84 Å². The average Bonchev–Trinajstić information content (AvgIpc) is 2.31. The van der Waals surface area contributed by atoms with Crippen LogP contribution in [0, 0.1) is 5.41 Å². The Morgan fingerprint density at radius 1 is 1.47 bits per heavy atom. The number of aliphatic hydroxyl groups is 1. The second-order valence-electron chi connectivity index (χ2n) is 5.74. The third-order valence-corrected chi connectivity index (χ3v) is 3.82. The number of methoxy groups -OCH3 is 1. The van der Waals surface area contributed by atoms with Crippen molar-refractivity contribution in [2.75, 3.05) is 13.7 Å². The minimum atomic E-state index is -1.97. The third kappa shape index (κ3) is 3.36. The summed E-state index contributed by atoms with van der Waals surface area (Å²) in [5, 5.41) is 23.3. The average molecular weight is 274 g/mol. The van der Waals surface area contributed by atoms with Gasteiger partial charge in [-0.2, -0.15) is 0 Å². The number of carboxylic acids is 1. The Hall–Kier alpha value is -1.34. The molecule has 0 radical (unpaired) electrons. The first-order valence-corrected chi connectivity index (χ1v) is 6.14. The summed E-state index contributed by atoms with van der Waals surface area (Å²) >= 11 is 0. The van der Waals surface area contributed by atoms with E-state index < -0.39 is 17.6 Å². The van der Waals surface area contributed by atoms with Crippen molar-refractivity contribution in [3.8, 4) is 0 Å². The van der Waals surface area contributed by atoms with Gasteiger partial charge in [0.25, 0.3) is 0 Å². The Morgan fingerprint density at radius 3 is 2.47 bits per heavy atom. The SMILES string of the molecule is COC1CC(NC(=O)NCC(C)(O)C(=O)O)C1(C)C. The van der Waals surface area contributed by atoms with Crippen LogP contribution < -0.4 is 10.6 Å². The summed E-state index contributed by atoms with van der Waals surface area (Å²) in [6, 6.07) is -0.526. The molecule has 2 amide bonds. The van der Waals surface area contributed by atoms with Crippen LogP contribution in [-0.4, -0.2) is 53.6 Å². The van der Waals surface area contributed by atoms with Crippen LogP contribution in [0.3, 0.4) is 0 Å². The minimum Gasteiger partial charge on any atom is -0.479 e. The predicted octanol–water partition coefficient (Wildman–Crippen LogP) is -0.0653. The summed E-state index contributed by atoms with van der Waals surface area (Å²) in [7, 11) is 1.63. The summed E-state index contributed by atoms with van der Waals surface area (Å²) in [4.78, 5) is 22.3. The first-order chi connectivity index (χ1) is 8.61. The predicted molar refractivity (Wildman–Crippen MR) is 67.8 cm³/mol. The van der Waals surface area contributed by atoms with Crippen LogP contribution in [0.15, 0.2) is 0 Å². The molecule has 110 valence electrons. The molecule has 3 unspecified atom stereocenters. The molecule has 0 saturated heterocycles. The second-order valence-corrected chi connectivity index (χ2v) is 5.74. The fourth-order valence-electron chi connectivity index (χ4n) is 2.07. The maximum atomic E-state index is 11.6. The Balaban J connectivity index is 2.40. The van der Waals surface area contributed by atoms with Crippen molar-refractivity contribution >= 4 is 12.0 Å². The molecule has 1 fully saturated rings. The molecule has 7 heteroatoms. The Bertz CT molecular complexity index is 367. The molecule has 7 nitrogen and oxygen atoms in total. The van der Waals surface area contributed by atoms with Crippen molar-refractivity contribution in [3.05, 3.63) is 0 Å². The maximum Gasteiger partial charge on any atom is 0.337 e. The molecule has 1 saturated carbocycles. The van der Waals surface area contributed by atoms with Crippen LogP contribution in [0.4, 0.5) is 4.79 Å². The van der Waals surface area contributed by atoms with E-state index >= 15 is 0 Å². The lowest BCUT2D eigenvalue weighted by molar-refractivity contribution is -0.155. The molecular formula is C12H22N2O5. The lowest BCUT2D eigenvalue weighted by atomic mass is 9.64. The number of urea groups is 1. The summed E-state index contributed by atoms with van der Waals surface area (Å²) in [5.41, 5.74) is -2.14. The number of nitrogens with one attached hydrogen (secondary N) is 2. The minimum absolute atomic E-state index is 0.0350. The number of amides is 2. The van der Waals surface area contributed by atoms with Gasteiger partial charge >= 0.3 is 12.0 Å². The fraction of sp³-hybridized carbons (Fsp3) is 0.833.